The molecule has 10 aromatic rings. The number of hydrogen-bond acceptors (Lipinski definition) is 2. The van der Waals surface area contributed by atoms with Gasteiger partial charge in [0.15, 0.2) is 0 Å². The highest BCUT2D eigenvalue weighted by Gasteiger charge is 2.53. The minimum Gasteiger partial charge on any atom is -0.310 e. The van der Waals surface area contributed by atoms with E-state index in [9.17, 15) is 0 Å². The van der Waals surface area contributed by atoms with Gasteiger partial charge in [-0.2, -0.15) is 0 Å². The van der Waals surface area contributed by atoms with Gasteiger partial charge in [0.1, 0.15) is 0 Å². The lowest BCUT2D eigenvalue weighted by Gasteiger charge is -2.33. The van der Waals surface area contributed by atoms with Crippen LogP contribution in [-0.2, 0) is 5.41 Å². The van der Waals surface area contributed by atoms with Gasteiger partial charge in [-0.05, 0) is 116 Å². The molecule has 0 aliphatic heterocycles. The molecule has 1 unspecified atom stereocenters. The predicted molar refractivity (Wildman–Crippen MR) is 255 cm³/mol. The number of benzene rings is 10. The van der Waals surface area contributed by atoms with Crippen molar-refractivity contribution in [3.63, 3.8) is 0 Å². The van der Waals surface area contributed by atoms with Crippen LogP contribution in [-0.4, -0.2) is 0 Å². The van der Waals surface area contributed by atoms with Gasteiger partial charge in [0.2, 0.25) is 0 Å². The summed E-state index contributed by atoms with van der Waals surface area (Å²) in [5.41, 5.74) is 18.9. The number of anilines is 6. The molecule has 0 saturated heterocycles. The fourth-order valence-corrected chi connectivity index (χ4v) is 10.4. The van der Waals surface area contributed by atoms with Crippen molar-refractivity contribution >= 4 is 44.9 Å². The molecule has 0 aromatic heterocycles. The molecule has 61 heavy (non-hydrogen) atoms. The Labute approximate surface area is 356 Å². The zero-order chi connectivity index (χ0) is 40.3. The Morgan fingerprint density at radius 2 is 0.705 bits per heavy atom. The van der Waals surface area contributed by atoms with Gasteiger partial charge in [-0.3, -0.25) is 0 Å². The summed E-state index contributed by atoms with van der Waals surface area (Å²) in [5.74, 6) is 0. The molecule has 2 nitrogen and oxygen atoms in total. The number of rotatable bonds is 7. The van der Waals surface area contributed by atoms with Crippen molar-refractivity contribution in [3.05, 3.63) is 265 Å². The first-order chi connectivity index (χ1) is 30.3. The van der Waals surface area contributed by atoms with Crippen LogP contribution >= 0.6 is 0 Å². The van der Waals surface area contributed by atoms with Gasteiger partial charge in [0, 0.05) is 33.7 Å². The molecule has 10 aromatic carbocycles. The highest BCUT2D eigenvalue weighted by molar-refractivity contribution is 6.12. The highest BCUT2D eigenvalue weighted by atomic mass is 15.2. The Kier molecular flexibility index (Phi) is 8.11. The second kappa shape index (κ2) is 14.1. The summed E-state index contributed by atoms with van der Waals surface area (Å²) in [5, 5.41) is 2.46. The van der Waals surface area contributed by atoms with E-state index < -0.39 is 5.41 Å². The molecule has 1 spiro atoms. The average molecular weight is 777 g/mol. The average Bonchev–Trinajstić information content (AvgIpc) is 3.81. The lowest BCUT2D eigenvalue weighted by molar-refractivity contribution is 0.794. The van der Waals surface area contributed by atoms with Crippen molar-refractivity contribution in [3.8, 4) is 33.4 Å². The first-order valence-corrected chi connectivity index (χ1v) is 21.1. The summed E-state index contributed by atoms with van der Waals surface area (Å²) >= 11 is 0. The van der Waals surface area contributed by atoms with Crippen LogP contribution in [0, 0.1) is 0 Å². The van der Waals surface area contributed by atoms with Crippen LogP contribution in [0.4, 0.5) is 34.1 Å². The van der Waals surface area contributed by atoms with Gasteiger partial charge < -0.3 is 9.80 Å². The molecule has 0 saturated carbocycles. The number of nitrogens with zero attached hydrogens (tertiary/aromatic N) is 2. The molecule has 2 aliphatic carbocycles. The lowest BCUT2D eigenvalue weighted by Crippen LogP contribution is -2.26. The van der Waals surface area contributed by atoms with Crippen molar-refractivity contribution in [1.29, 1.82) is 0 Å². The van der Waals surface area contributed by atoms with E-state index in [0.717, 1.165) is 34.1 Å². The Bertz CT molecular complexity index is 3210. The van der Waals surface area contributed by atoms with Crippen molar-refractivity contribution in [2.24, 2.45) is 0 Å². The van der Waals surface area contributed by atoms with Gasteiger partial charge >= 0.3 is 0 Å². The molecule has 0 N–H and O–H groups in total. The Hall–Kier alpha value is -7.94. The van der Waals surface area contributed by atoms with Gasteiger partial charge in [-0.25, -0.2) is 0 Å². The van der Waals surface area contributed by atoms with E-state index in [4.69, 9.17) is 0 Å². The fourth-order valence-electron chi connectivity index (χ4n) is 10.4. The normalized spacial score (nSPS) is 14.3. The SMILES string of the molecule is c1ccc(-c2cccc(N(c3ccccc3)c3cc4c(c5ccccc35)-c3ccccc3C43c4ccccc4-c4c(N(c5ccccc5)c5ccccc5)cccc43)c2)cc1. The van der Waals surface area contributed by atoms with Crippen LogP contribution in [0.2, 0.25) is 0 Å². The van der Waals surface area contributed by atoms with Crippen molar-refractivity contribution in [2.45, 2.75) is 5.41 Å². The topological polar surface area (TPSA) is 6.48 Å². The van der Waals surface area contributed by atoms with E-state index in [1.54, 1.807) is 0 Å². The molecule has 0 fully saturated rings. The zero-order valence-corrected chi connectivity index (χ0v) is 33.5. The third kappa shape index (κ3) is 5.29. The molecular weight excluding hydrogens is 737 g/mol. The Balaban J connectivity index is 1.18. The number of para-hydroxylation sites is 3. The van der Waals surface area contributed by atoms with E-state index in [2.05, 4.69) is 252 Å². The lowest BCUT2D eigenvalue weighted by atomic mass is 9.70. The summed E-state index contributed by atoms with van der Waals surface area (Å²) in [6.07, 6.45) is 0. The number of fused-ring (bicyclic) bond motifs is 12. The third-order valence-electron chi connectivity index (χ3n) is 12.8. The maximum atomic E-state index is 2.53. The van der Waals surface area contributed by atoms with Crippen LogP contribution in [0.3, 0.4) is 0 Å². The minimum atomic E-state index is -0.583. The first-order valence-electron chi connectivity index (χ1n) is 21.1. The van der Waals surface area contributed by atoms with Crippen LogP contribution in [0.5, 0.6) is 0 Å². The fraction of sp³-hybridized carbons (Fsp3) is 0.0169. The third-order valence-corrected chi connectivity index (χ3v) is 12.8. The summed E-state index contributed by atoms with van der Waals surface area (Å²) in [6.45, 7) is 0. The molecule has 2 heteroatoms. The van der Waals surface area contributed by atoms with Crippen LogP contribution < -0.4 is 9.80 Å². The number of hydrogen-bond donors (Lipinski definition) is 0. The van der Waals surface area contributed by atoms with Crippen LogP contribution in [0.15, 0.2) is 243 Å². The summed E-state index contributed by atoms with van der Waals surface area (Å²) in [6, 6.07) is 89.0. The largest absolute Gasteiger partial charge is 0.310 e. The molecule has 0 bridgehead atoms. The smallest absolute Gasteiger partial charge is 0.0727 e. The zero-order valence-electron chi connectivity index (χ0n) is 33.5. The quantitative estimate of drug-likeness (QED) is 0.159. The minimum absolute atomic E-state index is 0.583. The molecule has 286 valence electrons. The monoisotopic (exact) mass is 776 g/mol. The maximum absolute atomic E-state index is 2.53. The van der Waals surface area contributed by atoms with Gasteiger partial charge in [0.05, 0.1) is 16.8 Å². The van der Waals surface area contributed by atoms with Gasteiger partial charge in [-0.1, -0.05) is 182 Å². The highest BCUT2D eigenvalue weighted by Crippen LogP contribution is 2.66. The molecule has 0 amide bonds. The standard InChI is InChI=1S/C59H40N2/c1-5-21-41(22-6-1)42-23-19-30-46(39-42)61(45-28-11-4-12-29-45)56-40-54-57(48-32-14-13-31-47(48)56)49-33-15-17-35-51(49)59(54)52-36-18-16-34-50(52)58-53(59)37-20-38-55(58)60(43-24-7-2-8-25-43)44-26-9-3-10-27-44/h1-40H. The molecular formula is C59H40N2. The van der Waals surface area contributed by atoms with E-state index in [1.165, 1.54) is 66.4 Å². The van der Waals surface area contributed by atoms with E-state index >= 15 is 0 Å². The van der Waals surface area contributed by atoms with Gasteiger partial charge in [0.25, 0.3) is 0 Å². The second-order valence-electron chi connectivity index (χ2n) is 16.0. The van der Waals surface area contributed by atoms with Crippen LogP contribution in [0.25, 0.3) is 44.2 Å². The molecule has 12 rings (SSSR count). The Morgan fingerprint density at radius 3 is 1.33 bits per heavy atom. The summed E-state index contributed by atoms with van der Waals surface area (Å²) < 4.78 is 0. The first kappa shape index (κ1) is 35.0. The summed E-state index contributed by atoms with van der Waals surface area (Å²) in [7, 11) is 0. The molecule has 0 heterocycles. The molecule has 1 atom stereocenters. The molecule has 2 aliphatic rings. The van der Waals surface area contributed by atoms with E-state index in [1.807, 2.05) is 0 Å². The van der Waals surface area contributed by atoms with Crippen molar-refractivity contribution < 1.29 is 0 Å². The van der Waals surface area contributed by atoms with Crippen LogP contribution in [0.1, 0.15) is 22.3 Å². The maximum Gasteiger partial charge on any atom is 0.0727 e. The Morgan fingerprint density at radius 1 is 0.262 bits per heavy atom. The predicted octanol–water partition coefficient (Wildman–Crippen LogP) is 15.8. The van der Waals surface area contributed by atoms with Crippen molar-refractivity contribution in [2.75, 3.05) is 9.80 Å². The van der Waals surface area contributed by atoms with E-state index in [0.29, 0.717) is 0 Å². The second-order valence-corrected chi connectivity index (χ2v) is 16.0. The van der Waals surface area contributed by atoms with E-state index in [-0.39, 0.29) is 0 Å². The molecule has 0 radical (unpaired) electrons. The van der Waals surface area contributed by atoms with Gasteiger partial charge in [-0.15, -0.1) is 0 Å². The summed E-state index contributed by atoms with van der Waals surface area (Å²) in [4.78, 5) is 4.90. The van der Waals surface area contributed by atoms with Crippen molar-refractivity contribution in [1.82, 2.24) is 0 Å².